The van der Waals surface area contributed by atoms with E-state index in [4.69, 9.17) is 14.9 Å². The van der Waals surface area contributed by atoms with Gasteiger partial charge in [-0.2, -0.15) is 0 Å². The largest absolute Gasteiger partial charge is 0.493 e. The third kappa shape index (κ3) is 3.21. The number of carbonyl (C=O) groups is 1. The Balaban J connectivity index is 0.00000208. The number of fused-ring (bicyclic) bond motifs is 1. The number of halogens is 1. The number of hydrazine groups is 1. The molecule has 2 N–H and O–H groups in total. The van der Waals surface area contributed by atoms with E-state index in [1.165, 1.54) is 12.1 Å². The van der Waals surface area contributed by atoms with Crippen LogP contribution in [0.1, 0.15) is 21.5 Å². The average molecular weight is 392 g/mol. The van der Waals surface area contributed by atoms with Crippen molar-refractivity contribution in [1.29, 1.82) is 5.41 Å². The second-order valence-electron chi connectivity index (χ2n) is 5.10. The molecule has 0 unspecified atom stereocenters. The smallest absolute Gasteiger partial charge is 0.269 e. The number of amides is 1. The van der Waals surface area contributed by atoms with Crippen molar-refractivity contribution >= 4 is 28.7 Å². The molecule has 0 fully saturated rings. The van der Waals surface area contributed by atoms with Crippen molar-refractivity contribution in [2.24, 2.45) is 0 Å². The molecule has 126 valence electrons. The number of carbonyl (C=O) groups excluding carboxylic acids is 1. The molecule has 1 aliphatic rings. The summed E-state index contributed by atoms with van der Waals surface area (Å²) in [6, 6.07) is 12.6. The highest BCUT2D eigenvalue weighted by molar-refractivity contribution is 8.93. The Kier molecular flexibility index (Phi) is 5.46. The molecule has 0 saturated heterocycles. The summed E-state index contributed by atoms with van der Waals surface area (Å²) in [5.41, 5.74) is 5.04. The summed E-state index contributed by atoms with van der Waals surface area (Å²) in [6.07, 6.45) is 0. The maximum absolute atomic E-state index is 12.4. The van der Waals surface area contributed by atoms with E-state index in [2.05, 4.69) is 5.43 Å². The Morgan fingerprint density at radius 2 is 1.83 bits per heavy atom. The zero-order valence-corrected chi connectivity index (χ0v) is 15.0. The maximum Gasteiger partial charge on any atom is 0.269 e. The first kappa shape index (κ1) is 17.8. The first-order valence-electron chi connectivity index (χ1n) is 7.11. The van der Waals surface area contributed by atoms with E-state index < -0.39 is 0 Å². The summed E-state index contributed by atoms with van der Waals surface area (Å²) in [7, 11) is 3.06. The second kappa shape index (κ2) is 7.35. The Bertz CT molecular complexity index is 779. The number of amidine groups is 1. The van der Waals surface area contributed by atoms with Crippen molar-refractivity contribution in [1.82, 2.24) is 10.4 Å². The zero-order valence-electron chi connectivity index (χ0n) is 13.3. The van der Waals surface area contributed by atoms with E-state index in [0.29, 0.717) is 23.6 Å². The fourth-order valence-corrected chi connectivity index (χ4v) is 2.54. The number of rotatable bonds is 4. The van der Waals surface area contributed by atoms with Gasteiger partial charge in [0.05, 0.1) is 20.8 Å². The summed E-state index contributed by atoms with van der Waals surface area (Å²) in [5.74, 6) is 1.03. The van der Waals surface area contributed by atoms with E-state index in [9.17, 15) is 4.79 Å². The van der Waals surface area contributed by atoms with Crippen LogP contribution in [-0.2, 0) is 6.54 Å². The van der Waals surface area contributed by atoms with Crippen LogP contribution in [0.5, 0.6) is 11.5 Å². The summed E-state index contributed by atoms with van der Waals surface area (Å²) >= 11 is 0. The first-order valence-corrected chi connectivity index (χ1v) is 7.11. The van der Waals surface area contributed by atoms with Crippen LogP contribution >= 0.6 is 17.0 Å². The molecule has 2 aromatic carbocycles. The molecule has 2 aromatic rings. The van der Waals surface area contributed by atoms with Crippen molar-refractivity contribution in [3.63, 3.8) is 0 Å². The second-order valence-corrected chi connectivity index (χ2v) is 5.10. The third-order valence-corrected chi connectivity index (χ3v) is 3.75. The molecule has 7 heteroatoms. The maximum atomic E-state index is 12.4. The monoisotopic (exact) mass is 391 g/mol. The van der Waals surface area contributed by atoms with Crippen LogP contribution < -0.4 is 14.9 Å². The van der Waals surface area contributed by atoms with Crippen LogP contribution in [-0.4, -0.2) is 31.0 Å². The van der Waals surface area contributed by atoms with Crippen molar-refractivity contribution < 1.29 is 14.3 Å². The van der Waals surface area contributed by atoms with Gasteiger partial charge in [-0.3, -0.25) is 20.6 Å². The molecule has 1 amide bonds. The number of nitrogens with one attached hydrogen (secondary N) is 2. The van der Waals surface area contributed by atoms with Gasteiger partial charge < -0.3 is 9.47 Å². The van der Waals surface area contributed by atoms with Gasteiger partial charge in [-0.1, -0.05) is 24.3 Å². The number of hydrogen-bond acceptors (Lipinski definition) is 4. The van der Waals surface area contributed by atoms with Gasteiger partial charge in [0.15, 0.2) is 11.5 Å². The minimum atomic E-state index is -0.302. The Morgan fingerprint density at radius 3 is 2.50 bits per heavy atom. The molecular weight excluding hydrogens is 374 g/mol. The number of benzene rings is 2. The highest BCUT2D eigenvalue weighted by Crippen LogP contribution is 2.28. The summed E-state index contributed by atoms with van der Waals surface area (Å²) in [5, 5.41) is 9.68. The van der Waals surface area contributed by atoms with Crippen molar-refractivity contribution in [2.45, 2.75) is 6.54 Å². The van der Waals surface area contributed by atoms with Gasteiger partial charge in [0.1, 0.15) is 5.84 Å². The van der Waals surface area contributed by atoms with Crippen LogP contribution in [0.25, 0.3) is 0 Å². The number of ether oxygens (including phenoxy) is 2. The van der Waals surface area contributed by atoms with Gasteiger partial charge in [0, 0.05) is 11.1 Å². The Labute approximate surface area is 150 Å². The van der Waals surface area contributed by atoms with E-state index >= 15 is 0 Å². The predicted octanol–water partition coefficient (Wildman–Crippen LogP) is 2.77. The number of hydrogen-bond donors (Lipinski definition) is 2. The minimum absolute atomic E-state index is 0. The van der Waals surface area contributed by atoms with Gasteiger partial charge in [-0.25, -0.2) is 0 Å². The molecule has 0 saturated carbocycles. The molecule has 24 heavy (non-hydrogen) atoms. The normalized spacial score (nSPS) is 12.2. The quantitative estimate of drug-likeness (QED) is 0.839. The SMILES string of the molecule is Br.COc1ccc(C(=O)NN2Cc3ccccc3C2=N)cc1OC. The summed E-state index contributed by atoms with van der Waals surface area (Å²) in [4.78, 5) is 12.4. The molecule has 0 spiro atoms. The van der Waals surface area contributed by atoms with E-state index in [1.807, 2.05) is 24.3 Å². The lowest BCUT2D eigenvalue weighted by atomic mass is 10.1. The lowest BCUT2D eigenvalue weighted by molar-refractivity contribution is 0.0868. The van der Waals surface area contributed by atoms with Crippen LogP contribution in [0.4, 0.5) is 0 Å². The minimum Gasteiger partial charge on any atom is -0.493 e. The molecule has 0 bridgehead atoms. The van der Waals surface area contributed by atoms with Gasteiger partial charge in [-0.05, 0) is 23.8 Å². The Hall–Kier alpha value is -2.54. The zero-order chi connectivity index (χ0) is 16.4. The lowest BCUT2D eigenvalue weighted by Gasteiger charge is -2.19. The highest BCUT2D eigenvalue weighted by atomic mass is 79.9. The molecule has 1 heterocycles. The average Bonchev–Trinajstić information content (AvgIpc) is 2.90. The van der Waals surface area contributed by atoms with Gasteiger partial charge in [-0.15, -0.1) is 17.0 Å². The van der Waals surface area contributed by atoms with Gasteiger partial charge in [0.25, 0.3) is 5.91 Å². The van der Waals surface area contributed by atoms with Gasteiger partial charge >= 0.3 is 0 Å². The molecular formula is C17H18BrN3O3. The molecule has 6 nitrogen and oxygen atoms in total. The van der Waals surface area contributed by atoms with Crippen LogP contribution in [0.2, 0.25) is 0 Å². The van der Waals surface area contributed by atoms with Gasteiger partial charge in [0.2, 0.25) is 0 Å². The van der Waals surface area contributed by atoms with Crippen molar-refractivity contribution in [3.05, 3.63) is 59.2 Å². The molecule has 0 radical (unpaired) electrons. The molecule has 0 aromatic heterocycles. The molecule has 0 atom stereocenters. The van der Waals surface area contributed by atoms with Crippen LogP contribution in [0.15, 0.2) is 42.5 Å². The third-order valence-electron chi connectivity index (χ3n) is 3.75. The summed E-state index contributed by atoms with van der Waals surface area (Å²) in [6.45, 7) is 0.480. The topological polar surface area (TPSA) is 74.7 Å². The standard InChI is InChI=1S/C17H17N3O3.BrH/c1-22-14-8-7-11(9-15(14)23-2)17(21)19-20-10-12-5-3-4-6-13(12)16(20)18;/h3-9,18H,10H2,1-2H3,(H,19,21);1H. The van der Waals surface area contributed by atoms with Crippen LogP contribution in [0, 0.1) is 5.41 Å². The fraction of sp³-hybridized carbons (Fsp3) is 0.176. The number of nitrogens with zero attached hydrogens (tertiary/aromatic N) is 1. The van der Waals surface area contributed by atoms with Crippen LogP contribution in [0.3, 0.4) is 0 Å². The fourth-order valence-electron chi connectivity index (χ4n) is 2.54. The van der Waals surface area contributed by atoms with Crippen molar-refractivity contribution in [2.75, 3.05) is 14.2 Å². The van der Waals surface area contributed by atoms with E-state index in [1.54, 1.807) is 25.3 Å². The van der Waals surface area contributed by atoms with E-state index in [0.717, 1.165) is 11.1 Å². The van der Waals surface area contributed by atoms with E-state index in [-0.39, 0.29) is 28.7 Å². The summed E-state index contributed by atoms with van der Waals surface area (Å²) < 4.78 is 10.4. The lowest BCUT2D eigenvalue weighted by Crippen LogP contribution is -2.42. The predicted molar refractivity (Wildman–Crippen MR) is 96.1 cm³/mol. The first-order chi connectivity index (χ1) is 11.1. The molecule has 0 aliphatic carbocycles. The molecule has 3 rings (SSSR count). The highest BCUT2D eigenvalue weighted by Gasteiger charge is 2.25. The van der Waals surface area contributed by atoms with Crippen molar-refractivity contribution in [3.8, 4) is 11.5 Å². The molecule has 1 aliphatic heterocycles. The Morgan fingerprint density at radius 1 is 1.12 bits per heavy atom. The number of methoxy groups -OCH3 is 2.